The predicted molar refractivity (Wildman–Crippen MR) is 30.0 cm³/mol. The van der Waals surface area contributed by atoms with Crippen molar-refractivity contribution in [2.45, 2.75) is 5.92 Å². The minimum atomic E-state index is -3.19. The Hall–Kier alpha value is -1.20. The van der Waals surface area contributed by atoms with Gasteiger partial charge in [-0.1, -0.05) is 0 Å². The lowest BCUT2D eigenvalue weighted by atomic mass is 10.3. The third-order valence-electron chi connectivity index (χ3n) is 1.06. The fraction of sp³-hybridized carbons (Fsp3) is 0.500. The van der Waals surface area contributed by atoms with E-state index in [1.807, 2.05) is 5.32 Å². The maximum absolute atomic E-state index is 12.3. The van der Waals surface area contributed by atoms with Crippen molar-refractivity contribution in [3.8, 4) is 0 Å². The molecular weight excluding hydrogens is 144 g/mol. The summed E-state index contributed by atoms with van der Waals surface area (Å²) in [5, 5.41) is 1.85. The molecule has 56 valence electrons. The molecule has 0 aromatic carbocycles. The van der Waals surface area contributed by atoms with E-state index < -0.39 is 24.3 Å². The van der Waals surface area contributed by atoms with Crippen molar-refractivity contribution in [1.29, 1.82) is 0 Å². The summed E-state index contributed by atoms with van der Waals surface area (Å²) in [6.45, 7) is -0.763. The van der Waals surface area contributed by atoms with Crippen LogP contribution in [-0.2, 0) is 0 Å². The van der Waals surface area contributed by atoms with Gasteiger partial charge in [-0.25, -0.2) is 4.79 Å². The zero-order chi connectivity index (χ0) is 7.78. The van der Waals surface area contributed by atoms with E-state index in [1.54, 1.807) is 0 Å². The first-order valence-electron chi connectivity index (χ1n) is 2.53. The first-order chi connectivity index (χ1) is 4.52. The third kappa shape index (κ3) is 1.04. The van der Waals surface area contributed by atoms with E-state index in [9.17, 15) is 13.6 Å². The fourth-order valence-electron chi connectivity index (χ4n) is 0.508. The van der Waals surface area contributed by atoms with Gasteiger partial charge in [-0.05, 0) is 0 Å². The number of carbonyl (C=O) groups is 1. The molecule has 10 heavy (non-hydrogen) atoms. The van der Waals surface area contributed by atoms with Gasteiger partial charge in [0.2, 0.25) is 0 Å². The number of carbonyl (C=O) groups excluding carboxylic acids is 1. The number of amidine groups is 1. The van der Waals surface area contributed by atoms with Gasteiger partial charge in [0.25, 0.3) is 0 Å². The highest BCUT2D eigenvalue weighted by molar-refractivity contribution is 5.99. The molecule has 0 aromatic heterocycles. The number of alkyl halides is 2. The molecule has 0 fully saturated rings. The van der Waals surface area contributed by atoms with E-state index in [0.717, 1.165) is 0 Å². The zero-order valence-corrected chi connectivity index (χ0v) is 4.90. The number of nitrogens with zero attached hydrogens (tertiary/aromatic N) is 1. The van der Waals surface area contributed by atoms with Gasteiger partial charge in [0.15, 0.2) is 5.84 Å². The molecule has 0 saturated heterocycles. The van der Waals surface area contributed by atoms with Crippen molar-refractivity contribution in [2.75, 3.05) is 6.54 Å². The van der Waals surface area contributed by atoms with E-state index in [1.165, 1.54) is 0 Å². The Morgan fingerprint density at radius 3 is 2.70 bits per heavy atom. The zero-order valence-electron chi connectivity index (χ0n) is 4.90. The smallest absolute Gasteiger partial charge is 0.343 e. The number of hydrogen-bond acceptors (Lipinski definition) is 2. The molecule has 0 spiro atoms. The summed E-state index contributed by atoms with van der Waals surface area (Å²) in [6, 6.07) is -0.816. The summed E-state index contributed by atoms with van der Waals surface area (Å²) < 4.78 is 24.6. The highest BCUT2D eigenvalue weighted by Gasteiger charge is 2.38. The lowest BCUT2D eigenvalue weighted by Crippen LogP contribution is -2.50. The number of nitrogens with one attached hydrogen (secondary N) is 1. The molecule has 0 aromatic rings. The molecular formula is C4H5F2N3O. The van der Waals surface area contributed by atoms with Gasteiger partial charge < -0.3 is 11.1 Å². The number of hydrogen-bond donors (Lipinski definition) is 2. The monoisotopic (exact) mass is 149 g/mol. The highest BCUT2D eigenvalue weighted by Crippen LogP contribution is 2.14. The van der Waals surface area contributed by atoms with Crippen LogP contribution in [-0.4, -0.2) is 24.3 Å². The summed E-state index contributed by atoms with van der Waals surface area (Å²) in [6.07, 6.45) is 0. The second kappa shape index (κ2) is 1.89. The van der Waals surface area contributed by atoms with E-state index in [-0.39, 0.29) is 0 Å². The van der Waals surface area contributed by atoms with Gasteiger partial charge in [-0.15, -0.1) is 0 Å². The minimum Gasteiger partial charge on any atom is -0.382 e. The van der Waals surface area contributed by atoms with Gasteiger partial charge in [0.05, 0.1) is 6.54 Å². The molecule has 1 aliphatic rings. The minimum absolute atomic E-state index is 0.763. The number of urea groups is 1. The van der Waals surface area contributed by atoms with Crippen LogP contribution in [0, 0.1) is 0 Å². The average molecular weight is 149 g/mol. The van der Waals surface area contributed by atoms with Crippen molar-refractivity contribution in [1.82, 2.24) is 5.32 Å². The van der Waals surface area contributed by atoms with E-state index in [4.69, 9.17) is 5.73 Å². The largest absolute Gasteiger partial charge is 0.382 e. The normalized spacial score (nSPS) is 23.4. The van der Waals surface area contributed by atoms with Crippen LogP contribution in [0.5, 0.6) is 0 Å². The average Bonchev–Trinajstić information content (AvgIpc) is 1.81. The number of halogens is 2. The van der Waals surface area contributed by atoms with Crippen LogP contribution in [0.15, 0.2) is 4.99 Å². The van der Waals surface area contributed by atoms with Gasteiger partial charge in [0.1, 0.15) is 0 Å². The summed E-state index contributed by atoms with van der Waals surface area (Å²) in [4.78, 5) is 13.1. The molecule has 3 N–H and O–H groups in total. The van der Waals surface area contributed by atoms with Crippen LogP contribution in [0.25, 0.3) is 0 Å². The summed E-state index contributed by atoms with van der Waals surface area (Å²) >= 11 is 0. The Bertz CT molecular complexity index is 201. The maximum Gasteiger partial charge on any atom is 0.343 e. The van der Waals surface area contributed by atoms with Gasteiger partial charge >= 0.3 is 12.0 Å². The fourth-order valence-corrected chi connectivity index (χ4v) is 0.508. The molecule has 4 nitrogen and oxygen atoms in total. The summed E-state index contributed by atoms with van der Waals surface area (Å²) in [7, 11) is 0. The molecule has 0 aliphatic carbocycles. The quantitative estimate of drug-likeness (QED) is 0.496. The Labute approximate surface area is 55.1 Å². The number of amides is 2. The molecule has 1 heterocycles. The molecule has 0 atom stereocenters. The Kier molecular flexibility index (Phi) is 1.31. The summed E-state index contributed by atoms with van der Waals surface area (Å²) in [5.41, 5.74) is 4.74. The van der Waals surface area contributed by atoms with Gasteiger partial charge in [0, 0.05) is 0 Å². The SMILES string of the molecule is NC1=NC(=O)NCC1(F)F. The molecule has 0 radical (unpaired) electrons. The van der Waals surface area contributed by atoms with Crippen LogP contribution in [0.1, 0.15) is 0 Å². The molecule has 0 saturated carbocycles. The van der Waals surface area contributed by atoms with Crippen molar-refractivity contribution in [3.05, 3.63) is 0 Å². The molecule has 1 aliphatic heterocycles. The van der Waals surface area contributed by atoms with Crippen LogP contribution >= 0.6 is 0 Å². The highest BCUT2D eigenvalue weighted by atomic mass is 19.3. The van der Waals surface area contributed by atoms with E-state index in [0.29, 0.717) is 0 Å². The van der Waals surface area contributed by atoms with Gasteiger partial charge in [-0.2, -0.15) is 13.8 Å². The first kappa shape index (κ1) is 6.91. The Morgan fingerprint density at radius 2 is 2.30 bits per heavy atom. The number of rotatable bonds is 0. The van der Waals surface area contributed by atoms with Crippen molar-refractivity contribution in [2.24, 2.45) is 10.7 Å². The molecule has 0 bridgehead atoms. The van der Waals surface area contributed by atoms with E-state index in [2.05, 4.69) is 4.99 Å². The second-order valence-corrected chi connectivity index (χ2v) is 1.86. The molecule has 6 heteroatoms. The first-order valence-corrected chi connectivity index (χ1v) is 2.53. The molecule has 0 unspecified atom stereocenters. The topological polar surface area (TPSA) is 67.5 Å². The summed E-state index contributed by atoms with van der Waals surface area (Å²) in [5.74, 6) is -4.11. The molecule has 2 amide bonds. The van der Waals surface area contributed by atoms with Crippen LogP contribution in [0.2, 0.25) is 0 Å². The van der Waals surface area contributed by atoms with Gasteiger partial charge in [-0.3, -0.25) is 0 Å². The second-order valence-electron chi connectivity index (χ2n) is 1.86. The third-order valence-corrected chi connectivity index (χ3v) is 1.06. The van der Waals surface area contributed by atoms with Crippen LogP contribution in [0.3, 0.4) is 0 Å². The lowest BCUT2D eigenvalue weighted by molar-refractivity contribution is 0.0747. The number of aliphatic imine (C=N–C) groups is 1. The lowest BCUT2D eigenvalue weighted by Gasteiger charge is -2.19. The van der Waals surface area contributed by atoms with Crippen molar-refractivity contribution in [3.63, 3.8) is 0 Å². The standard InChI is InChI=1S/C4H5F2N3O/c5-4(6)1-8-3(10)9-2(4)7/h1H2,(H3,7,8,9,10). The predicted octanol–water partition coefficient (Wildman–Crippen LogP) is -0.298. The van der Waals surface area contributed by atoms with Crippen LogP contribution < -0.4 is 11.1 Å². The van der Waals surface area contributed by atoms with Crippen molar-refractivity contribution < 1.29 is 13.6 Å². The Balaban J connectivity index is 2.88. The maximum atomic E-state index is 12.3. The number of nitrogens with two attached hydrogens (primary N) is 1. The van der Waals surface area contributed by atoms with Crippen molar-refractivity contribution >= 4 is 11.9 Å². The van der Waals surface area contributed by atoms with E-state index >= 15 is 0 Å². The van der Waals surface area contributed by atoms with Crippen LogP contribution in [0.4, 0.5) is 13.6 Å². The Morgan fingerprint density at radius 1 is 1.70 bits per heavy atom. The molecule has 1 rings (SSSR count).